The minimum atomic E-state index is -0.798. The number of rotatable bonds is 6. The maximum Gasteiger partial charge on any atom is 0.336 e. The van der Waals surface area contributed by atoms with Gasteiger partial charge in [0, 0.05) is 28.2 Å². The molecule has 0 radical (unpaired) electrons. The van der Waals surface area contributed by atoms with Gasteiger partial charge in [0.25, 0.3) is 5.70 Å². The molecule has 0 saturated carbocycles. The van der Waals surface area contributed by atoms with Crippen molar-refractivity contribution in [2.45, 2.75) is 39.5 Å². The first-order chi connectivity index (χ1) is 13.0. The zero-order valence-electron chi connectivity index (χ0n) is 15.4. The van der Waals surface area contributed by atoms with Crippen molar-refractivity contribution < 1.29 is 14.5 Å². The van der Waals surface area contributed by atoms with Gasteiger partial charge in [-0.2, -0.15) is 0 Å². The lowest BCUT2D eigenvalue weighted by molar-refractivity contribution is -0.431. The first kappa shape index (κ1) is 19.0. The van der Waals surface area contributed by atoms with Crippen LogP contribution in [0, 0.1) is 10.1 Å². The molecule has 1 aliphatic heterocycles. The number of nitrogens with one attached hydrogen (secondary N) is 1. The van der Waals surface area contributed by atoms with E-state index in [0.29, 0.717) is 23.6 Å². The summed E-state index contributed by atoms with van der Waals surface area (Å²) in [5.74, 6) is -1.32. The maximum absolute atomic E-state index is 12.8. The summed E-state index contributed by atoms with van der Waals surface area (Å²) in [6, 6.07) is 1.86. The predicted molar refractivity (Wildman–Crippen MR) is 104 cm³/mol. The van der Waals surface area contributed by atoms with Crippen LogP contribution in [0.1, 0.15) is 45.1 Å². The van der Waals surface area contributed by atoms with Crippen LogP contribution in [0.4, 0.5) is 0 Å². The molecular weight excluding hydrogens is 366 g/mol. The number of aromatic nitrogens is 1. The molecule has 1 aliphatic rings. The number of thiophene rings is 1. The number of dihydropyridines is 1. The highest BCUT2D eigenvalue weighted by Crippen LogP contribution is 2.43. The van der Waals surface area contributed by atoms with Gasteiger partial charge < -0.3 is 10.1 Å². The second-order valence-corrected chi connectivity index (χ2v) is 7.33. The molecule has 2 aromatic rings. The van der Waals surface area contributed by atoms with Crippen molar-refractivity contribution in [1.82, 2.24) is 10.3 Å². The van der Waals surface area contributed by atoms with Crippen molar-refractivity contribution in [2.75, 3.05) is 6.61 Å². The fraction of sp³-hybridized carbons (Fsp3) is 0.368. The summed E-state index contributed by atoms with van der Waals surface area (Å²) in [5.41, 5.74) is 1.96. The highest BCUT2D eigenvalue weighted by atomic mass is 32.1. The fourth-order valence-corrected chi connectivity index (χ4v) is 4.25. The third kappa shape index (κ3) is 3.57. The van der Waals surface area contributed by atoms with Crippen LogP contribution < -0.4 is 5.32 Å². The smallest absolute Gasteiger partial charge is 0.336 e. The second kappa shape index (κ2) is 7.87. The van der Waals surface area contributed by atoms with Crippen LogP contribution in [0.5, 0.6) is 0 Å². The molecule has 27 heavy (non-hydrogen) atoms. The monoisotopic (exact) mass is 387 g/mol. The zero-order chi connectivity index (χ0) is 19.6. The van der Waals surface area contributed by atoms with Crippen LogP contribution in [0.3, 0.4) is 0 Å². The van der Waals surface area contributed by atoms with Crippen molar-refractivity contribution in [3.8, 4) is 0 Å². The summed E-state index contributed by atoms with van der Waals surface area (Å²) in [4.78, 5) is 28.4. The molecule has 1 N–H and O–H groups in total. The van der Waals surface area contributed by atoms with Crippen molar-refractivity contribution in [1.29, 1.82) is 0 Å². The number of nitro groups is 1. The number of allylic oxidation sites excluding steroid dienone is 3. The Morgan fingerprint density at radius 2 is 2.19 bits per heavy atom. The van der Waals surface area contributed by atoms with E-state index in [-0.39, 0.29) is 11.3 Å². The molecule has 0 spiro atoms. The summed E-state index contributed by atoms with van der Waals surface area (Å²) in [6.45, 7) is 5.70. The quantitative estimate of drug-likeness (QED) is 0.347. The highest BCUT2D eigenvalue weighted by molar-refractivity contribution is 7.17. The van der Waals surface area contributed by atoms with Gasteiger partial charge in [-0.05, 0) is 37.3 Å². The van der Waals surface area contributed by atoms with Crippen molar-refractivity contribution >= 4 is 27.4 Å². The number of carbonyl (C=O) groups excluding carboxylic acids is 1. The van der Waals surface area contributed by atoms with Crippen molar-refractivity contribution in [3.63, 3.8) is 0 Å². The number of hydrogen-bond acceptors (Lipinski definition) is 7. The van der Waals surface area contributed by atoms with Crippen LogP contribution in [0.25, 0.3) is 10.1 Å². The van der Waals surface area contributed by atoms with Gasteiger partial charge in [0.2, 0.25) is 0 Å². The molecule has 8 heteroatoms. The number of fused-ring (bicyclic) bond motifs is 1. The number of hydrogen-bond donors (Lipinski definition) is 1. The molecule has 0 amide bonds. The van der Waals surface area contributed by atoms with Crippen LogP contribution in [0.15, 0.2) is 46.5 Å². The number of pyridine rings is 1. The number of unbranched alkanes of at least 4 members (excludes halogenated alkanes) is 1. The molecule has 1 unspecified atom stereocenters. The molecule has 0 fully saturated rings. The Bertz CT molecular complexity index is 961. The average molecular weight is 387 g/mol. The van der Waals surface area contributed by atoms with Crippen LogP contribution in [-0.2, 0) is 9.53 Å². The Hall–Kier alpha value is -2.74. The zero-order valence-corrected chi connectivity index (χ0v) is 16.3. The molecular formula is C19H21N3O4S. The molecule has 142 valence electrons. The van der Waals surface area contributed by atoms with Crippen molar-refractivity contribution in [3.05, 3.63) is 62.2 Å². The Balaban J connectivity index is 2.14. The molecule has 0 saturated heterocycles. The third-order valence-electron chi connectivity index (χ3n) is 4.59. The number of esters is 1. The van der Waals surface area contributed by atoms with E-state index in [0.717, 1.165) is 22.9 Å². The van der Waals surface area contributed by atoms with Crippen LogP contribution in [-0.4, -0.2) is 22.5 Å². The van der Waals surface area contributed by atoms with E-state index in [9.17, 15) is 14.9 Å². The van der Waals surface area contributed by atoms with E-state index in [1.54, 1.807) is 26.2 Å². The Morgan fingerprint density at radius 3 is 2.89 bits per heavy atom. The average Bonchev–Trinajstić information content (AvgIpc) is 3.04. The van der Waals surface area contributed by atoms with E-state index >= 15 is 0 Å². The maximum atomic E-state index is 12.8. The van der Waals surface area contributed by atoms with Crippen LogP contribution in [0.2, 0.25) is 0 Å². The molecule has 7 nitrogen and oxygen atoms in total. The summed E-state index contributed by atoms with van der Waals surface area (Å²) in [5, 5.41) is 17.5. The standard InChI is InChI=1S/C19H21N3O4S/c1-4-5-8-26-19(23)16-11(2)21-12(3)18(22(24)25)17(16)14-10-27-15-6-7-20-9-13(14)15/h6-7,9-10,17,21H,4-5,8H2,1-3H3. The normalized spacial score (nSPS) is 17.2. The Kier molecular flexibility index (Phi) is 5.55. The molecule has 3 heterocycles. The van der Waals surface area contributed by atoms with Gasteiger partial charge in [-0.25, -0.2) is 4.79 Å². The van der Waals surface area contributed by atoms with Gasteiger partial charge in [0.15, 0.2) is 0 Å². The predicted octanol–water partition coefficient (Wildman–Crippen LogP) is 4.11. The number of carbonyl (C=O) groups is 1. The summed E-state index contributed by atoms with van der Waals surface area (Å²) >= 11 is 1.48. The Labute approximate surface area is 160 Å². The van der Waals surface area contributed by atoms with E-state index in [4.69, 9.17) is 4.74 Å². The van der Waals surface area contributed by atoms with Crippen molar-refractivity contribution in [2.24, 2.45) is 0 Å². The van der Waals surface area contributed by atoms with E-state index in [1.807, 2.05) is 18.4 Å². The third-order valence-corrected chi connectivity index (χ3v) is 5.57. The van der Waals surface area contributed by atoms with Gasteiger partial charge in [-0.3, -0.25) is 15.1 Å². The minimum Gasteiger partial charge on any atom is -0.462 e. The highest BCUT2D eigenvalue weighted by Gasteiger charge is 2.42. The molecule has 2 aromatic heterocycles. The van der Waals surface area contributed by atoms with Gasteiger partial charge >= 0.3 is 5.97 Å². The summed E-state index contributed by atoms with van der Waals surface area (Å²) < 4.78 is 6.37. The number of nitrogens with zero attached hydrogens (tertiary/aromatic N) is 2. The molecule has 1 atom stereocenters. The summed E-state index contributed by atoms with van der Waals surface area (Å²) in [6.07, 6.45) is 5.01. The van der Waals surface area contributed by atoms with Crippen LogP contribution >= 0.6 is 11.3 Å². The van der Waals surface area contributed by atoms with Gasteiger partial charge in [-0.1, -0.05) is 13.3 Å². The molecule has 0 bridgehead atoms. The lowest BCUT2D eigenvalue weighted by Crippen LogP contribution is -2.31. The first-order valence-corrected chi connectivity index (χ1v) is 9.64. The van der Waals surface area contributed by atoms with Gasteiger partial charge in [-0.15, -0.1) is 11.3 Å². The van der Waals surface area contributed by atoms with E-state index in [2.05, 4.69) is 10.3 Å². The van der Waals surface area contributed by atoms with E-state index < -0.39 is 16.8 Å². The van der Waals surface area contributed by atoms with Gasteiger partial charge in [0.1, 0.15) is 5.92 Å². The topological polar surface area (TPSA) is 94.4 Å². The van der Waals surface area contributed by atoms with E-state index in [1.165, 1.54) is 11.3 Å². The molecule has 0 aliphatic carbocycles. The minimum absolute atomic E-state index is 0.0356. The second-order valence-electron chi connectivity index (χ2n) is 6.42. The molecule has 0 aromatic carbocycles. The fourth-order valence-electron chi connectivity index (χ4n) is 3.30. The Morgan fingerprint density at radius 1 is 1.41 bits per heavy atom. The first-order valence-electron chi connectivity index (χ1n) is 8.76. The summed E-state index contributed by atoms with van der Waals surface area (Å²) in [7, 11) is 0. The number of ether oxygens (including phenoxy) is 1. The largest absolute Gasteiger partial charge is 0.462 e. The molecule has 3 rings (SSSR count). The lowest BCUT2D eigenvalue weighted by atomic mass is 9.84. The lowest BCUT2D eigenvalue weighted by Gasteiger charge is -2.26. The van der Waals surface area contributed by atoms with Gasteiger partial charge in [0.05, 0.1) is 22.8 Å². The SMILES string of the molecule is CCCCOC(=O)C1=C(C)NC(C)=C([N+](=O)[O-])C1c1csc2ccncc12.